The van der Waals surface area contributed by atoms with Crippen LogP contribution in [0.15, 0.2) is 14.3 Å². The van der Waals surface area contributed by atoms with Crippen LogP contribution in [-0.2, 0) is 0 Å². The van der Waals surface area contributed by atoms with E-state index in [1.165, 1.54) is 38.8 Å². The average molecular weight is 469 g/mol. The molecule has 0 amide bonds. The van der Waals surface area contributed by atoms with E-state index in [0.717, 1.165) is 29.6 Å². The zero-order valence-corrected chi connectivity index (χ0v) is 16.2. The Labute approximate surface area is 144 Å². The molecule has 0 aromatic carbocycles. The van der Waals surface area contributed by atoms with E-state index in [0.29, 0.717) is 4.83 Å². The standard InChI is InChI=1S/C15H17Br3S/c16-11-6-12(19-15(11)18)14(17)13-9-2-7-1-8(4-9)5-10(13)3-7/h6-10,13-14H,1-5H2. The van der Waals surface area contributed by atoms with Crippen LogP contribution in [0.25, 0.3) is 0 Å². The second-order valence-corrected chi connectivity index (χ2v) is 10.9. The molecule has 104 valence electrons. The lowest BCUT2D eigenvalue weighted by Crippen LogP contribution is -2.46. The van der Waals surface area contributed by atoms with E-state index < -0.39 is 0 Å². The van der Waals surface area contributed by atoms with Gasteiger partial charge in [-0.15, -0.1) is 11.3 Å². The largest absolute Gasteiger partial charge is 0.131 e. The van der Waals surface area contributed by atoms with Gasteiger partial charge in [-0.2, -0.15) is 0 Å². The third kappa shape index (κ3) is 2.33. The van der Waals surface area contributed by atoms with Gasteiger partial charge in [-0.05, 0) is 99.6 Å². The zero-order valence-electron chi connectivity index (χ0n) is 10.6. The quantitative estimate of drug-likeness (QED) is 0.419. The van der Waals surface area contributed by atoms with Gasteiger partial charge >= 0.3 is 0 Å². The van der Waals surface area contributed by atoms with Crippen molar-refractivity contribution in [1.29, 1.82) is 0 Å². The van der Waals surface area contributed by atoms with Crippen LogP contribution in [0.5, 0.6) is 0 Å². The molecule has 4 aliphatic rings. The SMILES string of the molecule is Brc1cc(C(Br)C2C3CC4CC(C3)CC2C4)sc1Br. The first-order chi connectivity index (χ1) is 9.11. The fourth-order valence-electron chi connectivity index (χ4n) is 5.13. The molecule has 0 nitrogen and oxygen atoms in total. The summed E-state index contributed by atoms with van der Waals surface area (Å²) in [6.07, 6.45) is 7.57. The molecule has 0 saturated heterocycles. The second-order valence-electron chi connectivity index (χ2n) is 6.68. The molecule has 0 radical (unpaired) electrons. The van der Waals surface area contributed by atoms with Crippen molar-refractivity contribution in [3.05, 3.63) is 19.2 Å². The van der Waals surface area contributed by atoms with Crippen molar-refractivity contribution in [3.63, 3.8) is 0 Å². The van der Waals surface area contributed by atoms with E-state index in [4.69, 9.17) is 0 Å². The molecule has 1 aromatic rings. The maximum Gasteiger partial charge on any atom is 0.0843 e. The molecule has 4 aliphatic carbocycles. The lowest BCUT2D eigenvalue weighted by molar-refractivity contribution is -0.0361. The first kappa shape index (κ1) is 13.8. The molecule has 5 rings (SSSR count). The first-order valence-corrected chi connectivity index (χ1v) is 10.5. The molecule has 0 aliphatic heterocycles. The van der Waals surface area contributed by atoms with Crippen molar-refractivity contribution in [2.75, 3.05) is 0 Å². The number of halogens is 3. The highest BCUT2D eigenvalue weighted by molar-refractivity contribution is 9.13. The maximum absolute atomic E-state index is 4.05. The maximum atomic E-state index is 4.05. The predicted molar refractivity (Wildman–Crippen MR) is 91.9 cm³/mol. The lowest BCUT2D eigenvalue weighted by Gasteiger charge is -2.55. The first-order valence-electron chi connectivity index (χ1n) is 7.20. The smallest absolute Gasteiger partial charge is 0.0843 e. The van der Waals surface area contributed by atoms with Crippen LogP contribution in [0, 0.1) is 29.6 Å². The highest BCUT2D eigenvalue weighted by Gasteiger charge is 2.50. The Morgan fingerprint density at radius 3 is 2.05 bits per heavy atom. The predicted octanol–water partition coefficient (Wildman–Crippen LogP) is 6.78. The Morgan fingerprint density at radius 2 is 1.58 bits per heavy atom. The summed E-state index contributed by atoms with van der Waals surface area (Å²) in [5.74, 6) is 4.99. The second kappa shape index (κ2) is 5.10. The monoisotopic (exact) mass is 466 g/mol. The highest BCUT2D eigenvalue weighted by Crippen LogP contribution is 2.61. The van der Waals surface area contributed by atoms with Crippen LogP contribution in [0.1, 0.15) is 41.8 Å². The summed E-state index contributed by atoms with van der Waals surface area (Å²) < 4.78 is 2.44. The van der Waals surface area contributed by atoms with Gasteiger partial charge < -0.3 is 0 Å². The Morgan fingerprint density at radius 1 is 1.00 bits per heavy atom. The Balaban J connectivity index is 1.61. The lowest BCUT2D eigenvalue weighted by atomic mass is 9.51. The van der Waals surface area contributed by atoms with Gasteiger partial charge in [0.15, 0.2) is 0 Å². The van der Waals surface area contributed by atoms with Gasteiger partial charge in [-0.25, -0.2) is 0 Å². The number of hydrogen-bond donors (Lipinski definition) is 0. The summed E-state index contributed by atoms with van der Waals surface area (Å²) in [5, 5.41) is 0. The molecule has 1 aromatic heterocycles. The summed E-state index contributed by atoms with van der Waals surface area (Å²) in [7, 11) is 0. The van der Waals surface area contributed by atoms with Gasteiger partial charge in [-0.1, -0.05) is 15.9 Å². The summed E-state index contributed by atoms with van der Waals surface area (Å²) in [6.45, 7) is 0. The molecule has 1 heterocycles. The normalized spacial score (nSPS) is 41.7. The number of alkyl halides is 1. The minimum Gasteiger partial charge on any atom is -0.131 e. The third-order valence-electron chi connectivity index (χ3n) is 5.57. The molecular formula is C15H17Br3S. The third-order valence-corrected chi connectivity index (χ3v) is 10.3. The van der Waals surface area contributed by atoms with Crippen molar-refractivity contribution in [2.45, 2.75) is 36.9 Å². The summed E-state index contributed by atoms with van der Waals surface area (Å²) in [4.78, 5) is 2.06. The summed E-state index contributed by atoms with van der Waals surface area (Å²) in [6, 6.07) is 2.30. The van der Waals surface area contributed by atoms with E-state index in [1.54, 1.807) is 6.42 Å². The minimum absolute atomic E-state index is 0.565. The Kier molecular flexibility index (Phi) is 3.70. The van der Waals surface area contributed by atoms with Gasteiger partial charge in [0.25, 0.3) is 0 Å². The van der Waals surface area contributed by atoms with Crippen LogP contribution in [0.4, 0.5) is 0 Å². The van der Waals surface area contributed by atoms with Crippen LogP contribution in [0.3, 0.4) is 0 Å². The van der Waals surface area contributed by atoms with E-state index in [2.05, 4.69) is 53.9 Å². The highest BCUT2D eigenvalue weighted by atomic mass is 79.9. The molecule has 4 fully saturated rings. The number of rotatable bonds is 2. The average Bonchev–Trinajstić information content (AvgIpc) is 2.68. The van der Waals surface area contributed by atoms with Crippen LogP contribution < -0.4 is 0 Å². The van der Waals surface area contributed by atoms with Gasteiger partial charge in [0.1, 0.15) is 0 Å². The molecule has 0 N–H and O–H groups in total. The topological polar surface area (TPSA) is 0 Å². The molecule has 1 atom stereocenters. The minimum atomic E-state index is 0.565. The van der Waals surface area contributed by atoms with Gasteiger partial charge in [0.2, 0.25) is 0 Å². The van der Waals surface area contributed by atoms with E-state index in [1.807, 2.05) is 11.3 Å². The Hall–Kier alpha value is 1.14. The van der Waals surface area contributed by atoms with E-state index in [9.17, 15) is 0 Å². The molecule has 4 heteroatoms. The van der Waals surface area contributed by atoms with Crippen LogP contribution in [-0.4, -0.2) is 0 Å². The molecular weight excluding hydrogens is 452 g/mol. The van der Waals surface area contributed by atoms with Gasteiger partial charge in [-0.3, -0.25) is 0 Å². The van der Waals surface area contributed by atoms with Crippen LogP contribution in [0.2, 0.25) is 0 Å². The van der Waals surface area contributed by atoms with Gasteiger partial charge in [0, 0.05) is 9.35 Å². The molecule has 1 unspecified atom stereocenters. The van der Waals surface area contributed by atoms with Crippen molar-refractivity contribution >= 4 is 59.1 Å². The molecule has 0 spiro atoms. The summed E-state index contributed by atoms with van der Waals surface area (Å²) >= 11 is 13.2. The van der Waals surface area contributed by atoms with Crippen LogP contribution >= 0.6 is 59.1 Å². The van der Waals surface area contributed by atoms with Gasteiger partial charge in [0.05, 0.1) is 8.61 Å². The van der Waals surface area contributed by atoms with Crippen molar-refractivity contribution in [1.82, 2.24) is 0 Å². The van der Waals surface area contributed by atoms with Crippen molar-refractivity contribution in [2.24, 2.45) is 29.6 Å². The fourth-order valence-corrected chi connectivity index (χ4v) is 8.54. The fraction of sp³-hybridized carbons (Fsp3) is 0.733. The van der Waals surface area contributed by atoms with E-state index >= 15 is 0 Å². The van der Waals surface area contributed by atoms with Crippen molar-refractivity contribution in [3.8, 4) is 0 Å². The molecule has 4 saturated carbocycles. The summed E-state index contributed by atoms with van der Waals surface area (Å²) in [5.41, 5.74) is 0. The van der Waals surface area contributed by atoms with E-state index in [-0.39, 0.29) is 0 Å². The zero-order chi connectivity index (χ0) is 13.1. The Bertz CT molecular complexity index is 448. The molecule has 4 bridgehead atoms. The number of hydrogen-bond acceptors (Lipinski definition) is 1. The molecule has 19 heavy (non-hydrogen) atoms. The van der Waals surface area contributed by atoms with Crippen molar-refractivity contribution < 1.29 is 0 Å². The number of thiophene rings is 1.